The lowest BCUT2D eigenvalue weighted by molar-refractivity contribution is -0.128. The molecule has 0 atom stereocenters. The molecule has 0 bridgehead atoms. The van der Waals surface area contributed by atoms with Crippen LogP contribution in [0, 0.1) is 0 Å². The van der Waals surface area contributed by atoms with E-state index in [1.165, 1.54) is 12.4 Å². The Morgan fingerprint density at radius 2 is 1.64 bits per heavy atom. The van der Waals surface area contributed by atoms with Crippen LogP contribution in [0.4, 0.5) is 5.82 Å². The lowest BCUT2D eigenvalue weighted by Crippen LogP contribution is -2.33. The third-order valence-electron chi connectivity index (χ3n) is 4.13. The van der Waals surface area contributed by atoms with Crippen molar-refractivity contribution in [3.8, 4) is 0 Å². The fourth-order valence-corrected chi connectivity index (χ4v) is 2.88. The molecule has 7 nitrogen and oxygen atoms in total. The first-order valence-corrected chi connectivity index (χ1v) is 7.87. The highest BCUT2D eigenvalue weighted by molar-refractivity contribution is 5.92. The third kappa shape index (κ3) is 3.35. The summed E-state index contributed by atoms with van der Waals surface area (Å²) in [5, 5.41) is 2.97. The minimum absolute atomic E-state index is 0.0653. The topological polar surface area (TPSA) is 78.4 Å². The van der Waals surface area contributed by atoms with Gasteiger partial charge in [0.05, 0.1) is 18.9 Å². The first-order chi connectivity index (χ1) is 10.7. The van der Waals surface area contributed by atoms with Gasteiger partial charge in [-0.2, -0.15) is 0 Å². The van der Waals surface area contributed by atoms with E-state index >= 15 is 0 Å². The fourth-order valence-electron chi connectivity index (χ4n) is 2.88. The molecule has 118 valence electrons. The van der Waals surface area contributed by atoms with Crippen molar-refractivity contribution in [3.05, 3.63) is 18.1 Å². The molecule has 1 N–H and O–H groups in total. The SMILES string of the molecule is O=C(CNc1cncc(C(=O)N2CCCC2)n1)N1CCCC1. The van der Waals surface area contributed by atoms with Crippen LogP contribution >= 0.6 is 0 Å². The Balaban J connectivity index is 1.58. The maximum atomic E-state index is 12.3. The van der Waals surface area contributed by atoms with Crippen LogP contribution < -0.4 is 5.32 Å². The number of anilines is 1. The average molecular weight is 303 g/mol. The Morgan fingerprint density at radius 3 is 2.32 bits per heavy atom. The summed E-state index contributed by atoms with van der Waals surface area (Å²) >= 11 is 0. The number of likely N-dealkylation sites (tertiary alicyclic amines) is 2. The molecule has 7 heteroatoms. The van der Waals surface area contributed by atoms with Gasteiger partial charge in [0, 0.05) is 26.2 Å². The van der Waals surface area contributed by atoms with E-state index < -0.39 is 0 Å². The first-order valence-electron chi connectivity index (χ1n) is 7.87. The standard InChI is InChI=1S/C15H21N5O2/c21-14(19-5-1-2-6-19)11-17-13-10-16-9-12(18-13)15(22)20-7-3-4-8-20/h9-10H,1-8,11H2,(H,17,18). The van der Waals surface area contributed by atoms with Gasteiger partial charge in [-0.15, -0.1) is 0 Å². The molecule has 0 aliphatic carbocycles. The number of nitrogens with one attached hydrogen (secondary N) is 1. The van der Waals surface area contributed by atoms with Gasteiger partial charge in [0.25, 0.3) is 5.91 Å². The second kappa shape index (κ2) is 6.72. The van der Waals surface area contributed by atoms with E-state index in [0.29, 0.717) is 11.5 Å². The van der Waals surface area contributed by atoms with Crippen LogP contribution in [0.3, 0.4) is 0 Å². The highest BCUT2D eigenvalue weighted by Gasteiger charge is 2.21. The molecule has 0 unspecified atom stereocenters. The number of rotatable bonds is 4. The van der Waals surface area contributed by atoms with Crippen molar-refractivity contribution in [2.75, 3.05) is 38.0 Å². The molecule has 2 saturated heterocycles. The maximum Gasteiger partial charge on any atom is 0.274 e. The van der Waals surface area contributed by atoms with Gasteiger partial charge in [0.15, 0.2) is 0 Å². The molecule has 1 aromatic heterocycles. The summed E-state index contributed by atoms with van der Waals surface area (Å²) in [5.74, 6) is 0.452. The number of hydrogen-bond acceptors (Lipinski definition) is 5. The molecule has 3 rings (SSSR count). The molecule has 1 aromatic rings. The summed E-state index contributed by atoms with van der Waals surface area (Å²) in [5.41, 5.74) is 0.334. The molecule has 2 aliphatic rings. The van der Waals surface area contributed by atoms with Crippen molar-refractivity contribution in [1.82, 2.24) is 19.8 Å². The van der Waals surface area contributed by atoms with Crippen molar-refractivity contribution < 1.29 is 9.59 Å². The van der Waals surface area contributed by atoms with Gasteiger partial charge < -0.3 is 15.1 Å². The van der Waals surface area contributed by atoms with Crippen LogP contribution in [0.1, 0.15) is 36.2 Å². The van der Waals surface area contributed by atoms with Crippen LogP contribution in [-0.2, 0) is 4.79 Å². The Bertz CT molecular complexity index is 551. The summed E-state index contributed by atoms with van der Waals surface area (Å²) in [6.45, 7) is 3.42. The van der Waals surface area contributed by atoms with Gasteiger partial charge in [-0.25, -0.2) is 4.98 Å². The fraction of sp³-hybridized carbons (Fsp3) is 0.600. The minimum Gasteiger partial charge on any atom is -0.360 e. The molecule has 2 aliphatic heterocycles. The van der Waals surface area contributed by atoms with Gasteiger partial charge in [-0.05, 0) is 25.7 Å². The third-order valence-corrected chi connectivity index (χ3v) is 4.13. The second-order valence-corrected chi connectivity index (χ2v) is 5.73. The summed E-state index contributed by atoms with van der Waals surface area (Å²) < 4.78 is 0. The monoisotopic (exact) mass is 303 g/mol. The predicted octanol–water partition coefficient (Wildman–Crippen LogP) is 0.747. The van der Waals surface area contributed by atoms with Crippen LogP contribution in [0.25, 0.3) is 0 Å². The molecule has 2 amide bonds. The van der Waals surface area contributed by atoms with Crippen molar-refractivity contribution in [2.45, 2.75) is 25.7 Å². The molecular weight excluding hydrogens is 282 g/mol. The smallest absolute Gasteiger partial charge is 0.274 e. The van der Waals surface area contributed by atoms with Crippen molar-refractivity contribution in [2.24, 2.45) is 0 Å². The first kappa shape index (κ1) is 14.7. The van der Waals surface area contributed by atoms with Crippen LogP contribution in [0.5, 0.6) is 0 Å². The number of aromatic nitrogens is 2. The summed E-state index contributed by atoms with van der Waals surface area (Å²) in [7, 11) is 0. The average Bonchev–Trinajstić information content (AvgIpc) is 3.25. The van der Waals surface area contributed by atoms with Gasteiger partial charge >= 0.3 is 0 Å². The van der Waals surface area contributed by atoms with E-state index in [2.05, 4.69) is 15.3 Å². The van der Waals surface area contributed by atoms with E-state index in [-0.39, 0.29) is 18.4 Å². The quantitative estimate of drug-likeness (QED) is 0.888. The Labute approximate surface area is 129 Å². The zero-order valence-electron chi connectivity index (χ0n) is 12.6. The molecule has 0 aromatic carbocycles. The Hall–Kier alpha value is -2.18. The van der Waals surface area contributed by atoms with E-state index in [4.69, 9.17) is 0 Å². The lowest BCUT2D eigenvalue weighted by Gasteiger charge is -2.16. The van der Waals surface area contributed by atoms with Crippen LogP contribution in [0.2, 0.25) is 0 Å². The van der Waals surface area contributed by atoms with E-state index in [9.17, 15) is 9.59 Å². The highest BCUT2D eigenvalue weighted by Crippen LogP contribution is 2.12. The second-order valence-electron chi connectivity index (χ2n) is 5.73. The highest BCUT2D eigenvalue weighted by atomic mass is 16.2. The molecule has 3 heterocycles. The number of hydrogen-bond donors (Lipinski definition) is 1. The minimum atomic E-state index is -0.0838. The molecule has 0 saturated carbocycles. The van der Waals surface area contributed by atoms with Gasteiger partial charge in [0.1, 0.15) is 11.5 Å². The van der Waals surface area contributed by atoms with Crippen molar-refractivity contribution >= 4 is 17.6 Å². The molecule has 0 radical (unpaired) electrons. The Morgan fingerprint density at radius 1 is 1.00 bits per heavy atom. The predicted molar refractivity (Wildman–Crippen MR) is 81.5 cm³/mol. The largest absolute Gasteiger partial charge is 0.360 e. The van der Waals surface area contributed by atoms with E-state index in [1.807, 2.05) is 4.90 Å². The Kier molecular flexibility index (Phi) is 4.50. The number of carbonyl (C=O) groups is 2. The molecular formula is C15H21N5O2. The van der Waals surface area contributed by atoms with Gasteiger partial charge in [-0.1, -0.05) is 0 Å². The zero-order valence-corrected chi connectivity index (χ0v) is 12.6. The van der Waals surface area contributed by atoms with Gasteiger partial charge in [0.2, 0.25) is 5.91 Å². The molecule has 0 spiro atoms. The van der Waals surface area contributed by atoms with Crippen LogP contribution in [-0.4, -0.2) is 64.3 Å². The summed E-state index contributed by atoms with van der Waals surface area (Å²) in [6.07, 6.45) is 7.26. The summed E-state index contributed by atoms with van der Waals surface area (Å²) in [6, 6.07) is 0. The van der Waals surface area contributed by atoms with Crippen molar-refractivity contribution in [1.29, 1.82) is 0 Å². The molecule has 2 fully saturated rings. The zero-order chi connectivity index (χ0) is 15.4. The number of nitrogens with zero attached hydrogens (tertiary/aromatic N) is 4. The number of amides is 2. The van der Waals surface area contributed by atoms with Crippen LogP contribution in [0.15, 0.2) is 12.4 Å². The van der Waals surface area contributed by atoms with E-state index in [1.54, 1.807) is 4.90 Å². The number of carbonyl (C=O) groups excluding carboxylic acids is 2. The lowest BCUT2D eigenvalue weighted by atomic mass is 10.4. The van der Waals surface area contributed by atoms with Gasteiger partial charge in [-0.3, -0.25) is 14.6 Å². The van der Waals surface area contributed by atoms with E-state index in [0.717, 1.165) is 51.9 Å². The normalized spacial score (nSPS) is 17.8. The molecule has 22 heavy (non-hydrogen) atoms. The summed E-state index contributed by atoms with van der Waals surface area (Å²) in [4.78, 5) is 36.2. The van der Waals surface area contributed by atoms with Crippen molar-refractivity contribution in [3.63, 3.8) is 0 Å². The maximum absolute atomic E-state index is 12.3.